The van der Waals surface area contributed by atoms with Crippen molar-refractivity contribution in [2.24, 2.45) is 12.8 Å². The smallest absolute Gasteiger partial charge is 0.186 e. The second-order valence-electron chi connectivity index (χ2n) is 7.76. The third kappa shape index (κ3) is 3.45. The lowest BCUT2D eigenvalue weighted by Crippen LogP contribution is -2.39. The molecule has 6 nitrogen and oxygen atoms in total. The lowest BCUT2D eigenvalue weighted by Gasteiger charge is -2.29. The molecule has 1 fully saturated rings. The monoisotopic (exact) mass is 414 g/mol. The first-order chi connectivity index (χ1) is 14.6. The summed E-state index contributed by atoms with van der Waals surface area (Å²) in [5.41, 5.74) is 10.8. The quantitative estimate of drug-likeness (QED) is 0.544. The Hall–Kier alpha value is -3.21. The molecule has 5 rings (SSSR count). The van der Waals surface area contributed by atoms with E-state index in [4.69, 9.17) is 16.0 Å². The van der Waals surface area contributed by atoms with Crippen molar-refractivity contribution in [3.8, 4) is 27.8 Å². The van der Waals surface area contributed by atoms with Crippen LogP contribution in [0.25, 0.3) is 32.6 Å². The molecule has 3 heterocycles. The minimum absolute atomic E-state index is 0.284. The van der Waals surface area contributed by atoms with E-state index in [-0.39, 0.29) is 6.04 Å². The predicted octanol–water partition coefficient (Wildman–Crippen LogP) is 4.16. The molecule has 0 unspecified atom stereocenters. The number of hydrogen-bond donors (Lipinski definition) is 1. The Morgan fingerprint density at radius 1 is 1.10 bits per heavy atom. The lowest BCUT2D eigenvalue weighted by atomic mass is 10.0. The average molecular weight is 415 g/mol. The number of benzene rings is 2. The number of aromatic nitrogens is 3. The van der Waals surface area contributed by atoms with Crippen molar-refractivity contribution in [1.82, 2.24) is 14.8 Å². The van der Waals surface area contributed by atoms with Crippen molar-refractivity contribution in [1.29, 1.82) is 5.26 Å². The van der Waals surface area contributed by atoms with Crippen molar-refractivity contribution in [2.45, 2.75) is 18.9 Å². The number of rotatable bonds is 3. The SMILES string of the molecule is Cn1cc2cc(-c3sc(N4CCC(N)CC4)nc3-c3ccc(C#N)cc3)ccc2n1. The molecule has 1 aliphatic heterocycles. The Morgan fingerprint density at radius 3 is 2.57 bits per heavy atom. The fourth-order valence-electron chi connectivity index (χ4n) is 3.92. The van der Waals surface area contributed by atoms with Gasteiger partial charge in [-0.3, -0.25) is 4.68 Å². The third-order valence-corrected chi connectivity index (χ3v) is 6.76. The van der Waals surface area contributed by atoms with E-state index in [1.165, 1.54) is 0 Å². The van der Waals surface area contributed by atoms with Gasteiger partial charge >= 0.3 is 0 Å². The normalized spacial score (nSPS) is 14.9. The molecular weight excluding hydrogens is 392 g/mol. The van der Waals surface area contributed by atoms with E-state index in [0.29, 0.717) is 5.56 Å². The van der Waals surface area contributed by atoms with Gasteiger partial charge in [0.1, 0.15) is 0 Å². The number of piperidine rings is 1. The van der Waals surface area contributed by atoms with Crippen LogP contribution >= 0.6 is 11.3 Å². The zero-order chi connectivity index (χ0) is 20.7. The molecule has 1 aliphatic rings. The van der Waals surface area contributed by atoms with Gasteiger partial charge in [0, 0.05) is 43.3 Å². The van der Waals surface area contributed by atoms with Gasteiger partial charge in [-0.25, -0.2) is 4.98 Å². The summed E-state index contributed by atoms with van der Waals surface area (Å²) in [5.74, 6) is 0. The van der Waals surface area contributed by atoms with Crippen molar-refractivity contribution in [2.75, 3.05) is 18.0 Å². The third-order valence-electron chi connectivity index (χ3n) is 5.59. The highest BCUT2D eigenvalue weighted by atomic mass is 32.1. The van der Waals surface area contributed by atoms with Crippen LogP contribution in [0.4, 0.5) is 5.13 Å². The molecule has 1 saturated heterocycles. The van der Waals surface area contributed by atoms with Crippen LogP contribution in [0.3, 0.4) is 0 Å². The Kier molecular flexibility index (Phi) is 4.74. The standard InChI is InChI=1S/C23H22N6S/c1-28-14-18-12-17(6-7-20(18)27-28)22-21(16-4-2-15(13-24)3-5-16)26-23(30-22)29-10-8-19(25)9-11-29/h2-7,12,14,19H,8-11,25H2,1H3. The molecule has 0 spiro atoms. The van der Waals surface area contributed by atoms with Gasteiger partial charge in [-0.2, -0.15) is 10.4 Å². The zero-order valence-electron chi connectivity index (χ0n) is 16.7. The summed E-state index contributed by atoms with van der Waals surface area (Å²) in [4.78, 5) is 8.52. The largest absolute Gasteiger partial charge is 0.348 e. The van der Waals surface area contributed by atoms with Crippen LogP contribution in [0.2, 0.25) is 0 Å². The molecule has 0 amide bonds. The predicted molar refractivity (Wildman–Crippen MR) is 121 cm³/mol. The highest BCUT2D eigenvalue weighted by Crippen LogP contribution is 2.41. The summed E-state index contributed by atoms with van der Waals surface area (Å²) in [7, 11) is 1.94. The fraction of sp³-hybridized carbons (Fsp3) is 0.261. The van der Waals surface area contributed by atoms with Crippen LogP contribution in [-0.4, -0.2) is 33.9 Å². The molecule has 0 bridgehead atoms. The van der Waals surface area contributed by atoms with Crippen LogP contribution in [0.1, 0.15) is 18.4 Å². The van der Waals surface area contributed by atoms with Gasteiger partial charge in [-0.05, 0) is 42.7 Å². The van der Waals surface area contributed by atoms with Gasteiger partial charge in [-0.15, -0.1) is 0 Å². The van der Waals surface area contributed by atoms with Crippen LogP contribution in [0, 0.1) is 11.3 Å². The molecule has 0 radical (unpaired) electrons. The number of thiazole rings is 1. The second kappa shape index (κ2) is 7.56. The summed E-state index contributed by atoms with van der Waals surface area (Å²) in [5, 5.41) is 15.8. The maximum atomic E-state index is 9.14. The summed E-state index contributed by atoms with van der Waals surface area (Å²) >= 11 is 1.72. The fourth-order valence-corrected chi connectivity index (χ4v) is 5.06. The molecule has 30 heavy (non-hydrogen) atoms. The average Bonchev–Trinajstić information content (AvgIpc) is 3.37. The maximum absolute atomic E-state index is 9.14. The molecular formula is C23H22N6S. The number of nitrogens with two attached hydrogens (primary N) is 1. The summed E-state index contributed by atoms with van der Waals surface area (Å²) in [6, 6.07) is 16.5. The first kappa shape index (κ1) is 18.8. The van der Waals surface area contributed by atoms with E-state index in [0.717, 1.165) is 63.7 Å². The molecule has 7 heteroatoms. The van der Waals surface area contributed by atoms with Gasteiger partial charge in [0.25, 0.3) is 0 Å². The first-order valence-electron chi connectivity index (χ1n) is 10.1. The molecule has 2 N–H and O–H groups in total. The molecule has 2 aromatic carbocycles. The molecule has 0 atom stereocenters. The number of anilines is 1. The van der Waals surface area contributed by atoms with E-state index in [1.807, 2.05) is 42.2 Å². The molecule has 0 aliphatic carbocycles. The number of fused-ring (bicyclic) bond motifs is 1. The highest BCUT2D eigenvalue weighted by molar-refractivity contribution is 7.19. The topological polar surface area (TPSA) is 83.8 Å². The molecule has 0 saturated carbocycles. The van der Waals surface area contributed by atoms with E-state index in [2.05, 4.69) is 34.3 Å². The lowest BCUT2D eigenvalue weighted by molar-refractivity contribution is 0.501. The first-order valence-corrected chi connectivity index (χ1v) is 10.9. The van der Waals surface area contributed by atoms with Crippen LogP contribution < -0.4 is 10.6 Å². The van der Waals surface area contributed by atoms with Gasteiger partial charge in [-0.1, -0.05) is 29.5 Å². The molecule has 2 aromatic heterocycles. The van der Waals surface area contributed by atoms with Gasteiger partial charge < -0.3 is 10.6 Å². The van der Waals surface area contributed by atoms with Crippen molar-refractivity contribution >= 4 is 27.4 Å². The zero-order valence-corrected chi connectivity index (χ0v) is 17.6. The molecule has 150 valence electrons. The second-order valence-corrected chi connectivity index (χ2v) is 8.74. The number of aryl methyl sites for hydroxylation is 1. The summed E-state index contributed by atoms with van der Waals surface area (Å²) < 4.78 is 1.84. The minimum atomic E-state index is 0.284. The summed E-state index contributed by atoms with van der Waals surface area (Å²) in [6.45, 7) is 1.87. The van der Waals surface area contributed by atoms with Crippen LogP contribution in [-0.2, 0) is 7.05 Å². The Balaban J connectivity index is 1.61. The number of hydrogen-bond acceptors (Lipinski definition) is 6. The Bertz CT molecular complexity index is 1240. The van der Waals surface area contributed by atoms with Gasteiger partial charge in [0.15, 0.2) is 5.13 Å². The maximum Gasteiger partial charge on any atom is 0.186 e. The van der Waals surface area contributed by atoms with Crippen LogP contribution in [0.15, 0.2) is 48.7 Å². The van der Waals surface area contributed by atoms with Crippen molar-refractivity contribution < 1.29 is 0 Å². The van der Waals surface area contributed by atoms with Crippen molar-refractivity contribution in [3.63, 3.8) is 0 Å². The van der Waals surface area contributed by atoms with E-state index < -0.39 is 0 Å². The van der Waals surface area contributed by atoms with Gasteiger partial charge in [0.05, 0.1) is 27.7 Å². The van der Waals surface area contributed by atoms with E-state index >= 15 is 0 Å². The van der Waals surface area contributed by atoms with Crippen molar-refractivity contribution in [3.05, 3.63) is 54.2 Å². The Morgan fingerprint density at radius 2 is 1.83 bits per heavy atom. The number of nitrogens with zero attached hydrogens (tertiary/aromatic N) is 5. The van der Waals surface area contributed by atoms with Gasteiger partial charge in [0.2, 0.25) is 0 Å². The minimum Gasteiger partial charge on any atom is -0.348 e. The van der Waals surface area contributed by atoms with E-state index in [1.54, 1.807) is 11.3 Å². The van der Waals surface area contributed by atoms with E-state index in [9.17, 15) is 0 Å². The number of nitriles is 1. The highest BCUT2D eigenvalue weighted by Gasteiger charge is 2.22. The molecule has 4 aromatic rings. The Labute approximate surface area is 179 Å². The van der Waals surface area contributed by atoms with Crippen LogP contribution in [0.5, 0.6) is 0 Å². The summed E-state index contributed by atoms with van der Waals surface area (Å²) in [6.07, 6.45) is 4.01.